The minimum absolute atomic E-state index is 0.0429. The van der Waals surface area contributed by atoms with Crippen molar-refractivity contribution in [2.24, 2.45) is 0 Å². The van der Waals surface area contributed by atoms with E-state index in [0.29, 0.717) is 17.5 Å². The molecule has 0 aliphatic carbocycles. The van der Waals surface area contributed by atoms with Crippen LogP contribution in [-0.4, -0.2) is 10.5 Å². The summed E-state index contributed by atoms with van der Waals surface area (Å²) in [5.74, 6) is 1.43. The van der Waals surface area contributed by atoms with Crippen molar-refractivity contribution in [1.29, 1.82) is 0 Å². The Morgan fingerprint density at radius 3 is 2.63 bits per heavy atom. The quantitative estimate of drug-likeness (QED) is 0.915. The van der Waals surface area contributed by atoms with Crippen molar-refractivity contribution < 1.29 is 4.42 Å². The summed E-state index contributed by atoms with van der Waals surface area (Å²) in [6.07, 6.45) is 1.74. The molecule has 3 nitrogen and oxygen atoms in total. The molecule has 4 heteroatoms. The van der Waals surface area contributed by atoms with Crippen molar-refractivity contribution in [2.45, 2.75) is 39.8 Å². The van der Waals surface area contributed by atoms with E-state index in [1.807, 2.05) is 25.1 Å². The Morgan fingerprint density at radius 1 is 1.26 bits per heavy atom. The lowest BCUT2D eigenvalue weighted by Crippen LogP contribution is -2.35. The van der Waals surface area contributed by atoms with Gasteiger partial charge >= 0.3 is 0 Å². The van der Waals surface area contributed by atoms with Crippen molar-refractivity contribution in [1.82, 2.24) is 10.3 Å². The number of benzene rings is 1. The van der Waals surface area contributed by atoms with Gasteiger partial charge in [0, 0.05) is 16.1 Å². The van der Waals surface area contributed by atoms with Gasteiger partial charge in [-0.05, 0) is 51.5 Å². The minimum atomic E-state index is 0.0429. The van der Waals surface area contributed by atoms with Gasteiger partial charge in [-0.15, -0.1) is 0 Å². The van der Waals surface area contributed by atoms with Crippen LogP contribution in [0.5, 0.6) is 0 Å². The molecular formula is C15H19ClN2O. The highest BCUT2D eigenvalue weighted by atomic mass is 35.5. The van der Waals surface area contributed by atoms with Crippen molar-refractivity contribution in [3.8, 4) is 11.3 Å². The molecule has 1 aromatic carbocycles. The van der Waals surface area contributed by atoms with Gasteiger partial charge in [0.2, 0.25) is 5.89 Å². The van der Waals surface area contributed by atoms with Crippen LogP contribution in [-0.2, 0) is 6.54 Å². The van der Waals surface area contributed by atoms with Crippen molar-refractivity contribution in [3.05, 3.63) is 40.9 Å². The zero-order valence-corrected chi connectivity index (χ0v) is 12.5. The molecule has 2 rings (SSSR count). The van der Waals surface area contributed by atoms with Gasteiger partial charge in [-0.1, -0.05) is 11.6 Å². The number of nitrogens with one attached hydrogen (secondary N) is 1. The highest BCUT2D eigenvalue weighted by Gasteiger charge is 2.12. The summed E-state index contributed by atoms with van der Waals surface area (Å²) in [5, 5.41) is 4.05. The average molecular weight is 279 g/mol. The molecule has 0 bridgehead atoms. The maximum absolute atomic E-state index is 6.05. The lowest BCUT2D eigenvalue weighted by Gasteiger charge is -2.18. The standard InChI is InChI=1S/C15H19ClN2O/c1-10-5-11(7-12(16)6-10)13-8-17-14(19-13)9-18-15(2,3)4/h5-8,18H,9H2,1-4H3. The third-order valence-electron chi connectivity index (χ3n) is 2.65. The lowest BCUT2D eigenvalue weighted by molar-refractivity contribution is 0.383. The fraction of sp³-hybridized carbons (Fsp3) is 0.400. The van der Waals surface area contributed by atoms with Crippen LogP contribution < -0.4 is 5.32 Å². The highest BCUT2D eigenvalue weighted by molar-refractivity contribution is 6.30. The minimum Gasteiger partial charge on any atom is -0.439 e. The summed E-state index contributed by atoms with van der Waals surface area (Å²) in [6, 6.07) is 5.84. The third-order valence-corrected chi connectivity index (χ3v) is 2.87. The first kappa shape index (κ1) is 14.1. The van der Waals surface area contributed by atoms with Crippen LogP contribution in [0.25, 0.3) is 11.3 Å². The molecule has 0 radical (unpaired) electrons. The van der Waals surface area contributed by atoms with Crippen molar-refractivity contribution in [3.63, 3.8) is 0 Å². The fourth-order valence-electron chi connectivity index (χ4n) is 1.74. The number of aryl methyl sites for hydroxylation is 1. The molecule has 1 aromatic heterocycles. The SMILES string of the molecule is Cc1cc(Cl)cc(-c2cnc(CNC(C)(C)C)o2)c1. The zero-order valence-electron chi connectivity index (χ0n) is 11.7. The Kier molecular flexibility index (Phi) is 3.97. The largest absolute Gasteiger partial charge is 0.439 e. The van der Waals surface area contributed by atoms with Crippen LogP contribution >= 0.6 is 11.6 Å². The molecular weight excluding hydrogens is 260 g/mol. The maximum Gasteiger partial charge on any atom is 0.208 e. The molecule has 0 saturated heterocycles. The molecule has 0 spiro atoms. The van der Waals surface area contributed by atoms with E-state index in [1.54, 1.807) is 6.20 Å². The number of rotatable bonds is 3. The van der Waals surface area contributed by atoms with Gasteiger partial charge in [-0.2, -0.15) is 0 Å². The Hall–Kier alpha value is -1.32. The number of nitrogens with zero attached hydrogens (tertiary/aromatic N) is 1. The zero-order chi connectivity index (χ0) is 14.0. The van der Waals surface area contributed by atoms with E-state index in [-0.39, 0.29) is 5.54 Å². The summed E-state index contributed by atoms with van der Waals surface area (Å²) in [5.41, 5.74) is 2.11. The number of halogens is 1. The average Bonchev–Trinajstić information content (AvgIpc) is 2.72. The molecule has 0 unspecified atom stereocenters. The number of oxazole rings is 1. The first-order valence-electron chi connectivity index (χ1n) is 6.31. The van der Waals surface area contributed by atoms with Gasteiger partial charge in [0.25, 0.3) is 0 Å². The first-order valence-corrected chi connectivity index (χ1v) is 6.68. The van der Waals surface area contributed by atoms with Crippen molar-refractivity contribution >= 4 is 11.6 Å². The first-order chi connectivity index (χ1) is 8.83. The monoisotopic (exact) mass is 278 g/mol. The predicted octanol–water partition coefficient (Wildman–Crippen LogP) is 4.19. The van der Waals surface area contributed by atoms with Crippen LogP contribution in [0.2, 0.25) is 5.02 Å². The van der Waals surface area contributed by atoms with E-state index in [0.717, 1.165) is 16.9 Å². The Morgan fingerprint density at radius 2 is 2.00 bits per heavy atom. The predicted molar refractivity (Wildman–Crippen MR) is 78.3 cm³/mol. The van der Waals surface area contributed by atoms with Gasteiger partial charge in [-0.25, -0.2) is 4.98 Å². The molecule has 19 heavy (non-hydrogen) atoms. The van der Waals surface area contributed by atoms with Gasteiger partial charge in [0.1, 0.15) is 0 Å². The molecule has 0 aliphatic heterocycles. The summed E-state index contributed by atoms with van der Waals surface area (Å²) in [7, 11) is 0. The molecule has 102 valence electrons. The molecule has 2 aromatic rings. The van der Waals surface area contributed by atoms with Gasteiger partial charge in [0.05, 0.1) is 12.7 Å². The third kappa shape index (κ3) is 4.08. The maximum atomic E-state index is 6.05. The van der Waals surface area contributed by atoms with E-state index in [4.69, 9.17) is 16.0 Å². The molecule has 1 heterocycles. The van der Waals surface area contributed by atoms with Crippen molar-refractivity contribution in [2.75, 3.05) is 0 Å². The molecule has 0 saturated carbocycles. The number of hydrogen-bond acceptors (Lipinski definition) is 3. The second-order valence-electron chi connectivity index (χ2n) is 5.74. The van der Waals surface area contributed by atoms with Crippen LogP contribution in [0.3, 0.4) is 0 Å². The van der Waals surface area contributed by atoms with Crippen LogP contribution in [0.1, 0.15) is 32.2 Å². The Bertz CT molecular complexity index is 550. The van der Waals surface area contributed by atoms with Gasteiger partial charge in [0.15, 0.2) is 5.76 Å². The molecule has 0 aliphatic rings. The normalized spacial score (nSPS) is 11.8. The van der Waals surface area contributed by atoms with E-state index < -0.39 is 0 Å². The van der Waals surface area contributed by atoms with E-state index in [9.17, 15) is 0 Å². The smallest absolute Gasteiger partial charge is 0.208 e. The van der Waals surface area contributed by atoms with Gasteiger partial charge < -0.3 is 9.73 Å². The Balaban J connectivity index is 2.16. The van der Waals surface area contributed by atoms with E-state index >= 15 is 0 Å². The summed E-state index contributed by atoms with van der Waals surface area (Å²) in [6.45, 7) is 8.95. The van der Waals surface area contributed by atoms with Crippen LogP contribution in [0.4, 0.5) is 0 Å². The van der Waals surface area contributed by atoms with Crippen LogP contribution in [0.15, 0.2) is 28.8 Å². The lowest BCUT2D eigenvalue weighted by atomic mass is 10.1. The molecule has 1 N–H and O–H groups in total. The van der Waals surface area contributed by atoms with Gasteiger partial charge in [-0.3, -0.25) is 0 Å². The summed E-state index contributed by atoms with van der Waals surface area (Å²) < 4.78 is 5.74. The van der Waals surface area contributed by atoms with Crippen LogP contribution in [0, 0.1) is 6.92 Å². The second kappa shape index (κ2) is 5.35. The van der Waals surface area contributed by atoms with E-state index in [2.05, 4.69) is 31.1 Å². The topological polar surface area (TPSA) is 38.1 Å². The molecule has 0 atom stereocenters. The molecule has 0 amide bonds. The van der Waals surface area contributed by atoms with E-state index in [1.165, 1.54) is 0 Å². The Labute approximate surface area is 119 Å². The summed E-state index contributed by atoms with van der Waals surface area (Å²) in [4.78, 5) is 4.28. The fourth-order valence-corrected chi connectivity index (χ4v) is 2.03. The summed E-state index contributed by atoms with van der Waals surface area (Å²) >= 11 is 6.05. The second-order valence-corrected chi connectivity index (χ2v) is 6.18. The molecule has 0 fully saturated rings. The number of hydrogen-bond donors (Lipinski definition) is 1. The number of aromatic nitrogens is 1. The highest BCUT2D eigenvalue weighted by Crippen LogP contribution is 2.25.